The number of rotatable bonds is 3. The predicted molar refractivity (Wildman–Crippen MR) is 56.9 cm³/mol. The summed E-state index contributed by atoms with van der Waals surface area (Å²) in [5, 5.41) is 0.487. The van der Waals surface area contributed by atoms with Gasteiger partial charge in [-0.15, -0.1) is 8.58 Å². The van der Waals surface area contributed by atoms with Gasteiger partial charge in [-0.1, -0.05) is 41.5 Å². The summed E-state index contributed by atoms with van der Waals surface area (Å²) < 4.78 is 0. The van der Waals surface area contributed by atoms with Crippen LogP contribution in [0.15, 0.2) is 0 Å². The molecule has 0 spiro atoms. The maximum Gasteiger partial charge on any atom is -0.0127 e. The molecular weight excluding hydrogens is 151 g/mol. The van der Waals surface area contributed by atoms with Crippen molar-refractivity contribution in [2.45, 2.75) is 46.7 Å². The molecule has 0 saturated carbocycles. The first-order chi connectivity index (χ1) is 4.75. The van der Waals surface area contributed by atoms with Crippen LogP contribution in [0.1, 0.15) is 41.5 Å². The summed E-state index contributed by atoms with van der Waals surface area (Å²) in [6.45, 7) is 16.5. The molecule has 0 radical (unpaired) electrons. The zero-order valence-corrected chi connectivity index (χ0v) is 10.1. The zero-order chi connectivity index (χ0) is 9.28. The third-order valence-electron chi connectivity index (χ3n) is 3.68. The van der Waals surface area contributed by atoms with Gasteiger partial charge in [-0.25, -0.2) is 0 Å². The van der Waals surface area contributed by atoms with E-state index in [0.717, 1.165) is 14.5 Å². The van der Waals surface area contributed by atoms with Gasteiger partial charge in [0.25, 0.3) is 0 Å². The van der Waals surface area contributed by atoms with Crippen molar-refractivity contribution >= 4 is 8.58 Å². The predicted octanol–water partition coefficient (Wildman–Crippen LogP) is 3.76. The van der Waals surface area contributed by atoms with Crippen LogP contribution >= 0.6 is 8.58 Å². The van der Waals surface area contributed by atoms with Crippen LogP contribution in [0.5, 0.6) is 0 Å². The largest absolute Gasteiger partial charge is 0.119 e. The lowest BCUT2D eigenvalue weighted by atomic mass is 9.72. The van der Waals surface area contributed by atoms with Gasteiger partial charge in [0.1, 0.15) is 0 Å². The third kappa shape index (κ3) is 2.18. The summed E-state index contributed by atoms with van der Waals surface area (Å²) in [4.78, 5) is 0. The van der Waals surface area contributed by atoms with E-state index in [0.29, 0.717) is 10.6 Å². The molecule has 1 heteroatoms. The van der Waals surface area contributed by atoms with E-state index in [9.17, 15) is 0 Å². The fourth-order valence-corrected chi connectivity index (χ4v) is 1.98. The van der Waals surface area contributed by atoms with E-state index in [1.165, 1.54) is 0 Å². The van der Waals surface area contributed by atoms with Crippen LogP contribution in [-0.4, -0.2) is 11.8 Å². The quantitative estimate of drug-likeness (QED) is 0.571. The fourth-order valence-electron chi connectivity index (χ4n) is 1.04. The molecule has 0 aliphatic rings. The van der Waals surface area contributed by atoms with E-state index in [2.05, 4.69) is 48.2 Å². The van der Waals surface area contributed by atoms with Crippen molar-refractivity contribution in [2.75, 3.05) is 6.66 Å². The molecule has 0 bridgehead atoms. The van der Waals surface area contributed by atoms with Gasteiger partial charge in [0.15, 0.2) is 0 Å². The maximum absolute atomic E-state index is 2.38. The highest BCUT2D eigenvalue weighted by Crippen LogP contribution is 2.48. The van der Waals surface area contributed by atoms with E-state index in [1.807, 2.05) is 0 Å². The molecule has 11 heavy (non-hydrogen) atoms. The second kappa shape index (κ2) is 3.44. The molecule has 1 atom stereocenters. The van der Waals surface area contributed by atoms with Crippen molar-refractivity contribution in [3.63, 3.8) is 0 Å². The van der Waals surface area contributed by atoms with E-state index in [-0.39, 0.29) is 0 Å². The highest BCUT2D eigenvalue weighted by Gasteiger charge is 2.37. The molecule has 0 fully saturated rings. The van der Waals surface area contributed by atoms with Gasteiger partial charge in [0, 0.05) is 0 Å². The Morgan fingerprint density at radius 1 is 1.00 bits per heavy atom. The van der Waals surface area contributed by atoms with Crippen molar-refractivity contribution in [2.24, 2.45) is 11.3 Å². The maximum atomic E-state index is 2.38. The second-order valence-corrected chi connectivity index (χ2v) is 6.50. The molecular formula is C10H23P. The van der Waals surface area contributed by atoms with Crippen molar-refractivity contribution in [1.82, 2.24) is 0 Å². The SMILES string of the molecule is CPC(C)(C)C(C)(C)C(C)C. The molecule has 0 heterocycles. The van der Waals surface area contributed by atoms with Gasteiger partial charge in [0.05, 0.1) is 0 Å². The Hall–Kier alpha value is 0.430. The highest BCUT2D eigenvalue weighted by atomic mass is 31.1. The van der Waals surface area contributed by atoms with Crippen molar-refractivity contribution in [1.29, 1.82) is 0 Å². The van der Waals surface area contributed by atoms with Crippen LogP contribution in [0.4, 0.5) is 0 Å². The number of hydrogen-bond acceptors (Lipinski definition) is 0. The summed E-state index contributed by atoms with van der Waals surface area (Å²) in [5.74, 6) is 0.768. The monoisotopic (exact) mass is 174 g/mol. The average molecular weight is 174 g/mol. The second-order valence-electron chi connectivity index (χ2n) is 4.75. The Balaban J connectivity index is 4.53. The van der Waals surface area contributed by atoms with E-state index in [4.69, 9.17) is 0 Å². The molecule has 0 rings (SSSR count). The summed E-state index contributed by atoms with van der Waals surface area (Å²) >= 11 is 0. The first-order valence-corrected chi connectivity index (χ1v) is 5.94. The summed E-state index contributed by atoms with van der Waals surface area (Å²) in [6.07, 6.45) is 0. The standard InChI is InChI=1S/C10H23P/c1-8(2)9(3,4)10(5,6)11-7/h8,11H,1-7H3. The van der Waals surface area contributed by atoms with Crippen molar-refractivity contribution < 1.29 is 0 Å². The first-order valence-electron chi connectivity index (χ1n) is 4.44. The summed E-state index contributed by atoms with van der Waals surface area (Å²) in [7, 11) is 1.03. The summed E-state index contributed by atoms with van der Waals surface area (Å²) in [5.41, 5.74) is 0.459. The average Bonchev–Trinajstić information content (AvgIpc) is 1.87. The van der Waals surface area contributed by atoms with E-state index >= 15 is 0 Å². The normalized spacial score (nSPS) is 15.3. The van der Waals surface area contributed by atoms with Crippen molar-refractivity contribution in [3.05, 3.63) is 0 Å². The van der Waals surface area contributed by atoms with Crippen LogP contribution in [0, 0.1) is 11.3 Å². The van der Waals surface area contributed by atoms with Gasteiger partial charge in [-0.2, -0.15) is 0 Å². The minimum absolute atomic E-state index is 0.459. The lowest BCUT2D eigenvalue weighted by Gasteiger charge is -2.44. The van der Waals surface area contributed by atoms with Gasteiger partial charge < -0.3 is 0 Å². The topological polar surface area (TPSA) is 0 Å². The van der Waals surface area contributed by atoms with Crippen LogP contribution < -0.4 is 0 Å². The minimum Gasteiger partial charge on any atom is -0.119 e. The Bertz CT molecular complexity index is 123. The lowest BCUT2D eigenvalue weighted by molar-refractivity contribution is 0.189. The molecule has 0 aliphatic heterocycles. The van der Waals surface area contributed by atoms with Crippen LogP contribution in [0.3, 0.4) is 0 Å². The van der Waals surface area contributed by atoms with Crippen molar-refractivity contribution in [3.8, 4) is 0 Å². The summed E-state index contributed by atoms with van der Waals surface area (Å²) in [6, 6.07) is 0. The molecule has 0 aromatic heterocycles. The molecule has 1 unspecified atom stereocenters. The van der Waals surface area contributed by atoms with Crippen LogP contribution in [0.25, 0.3) is 0 Å². The smallest absolute Gasteiger partial charge is 0.0127 e. The van der Waals surface area contributed by atoms with Gasteiger partial charge in [-0.05, 0) is 23.2 Å². The Morgan fingerprint density at radius 3 is 1.45 bits per heavy atom. The van der Waals surface area contributed by atoms with Crippen LogP contribution in [-0.2, 0) is 0 Å². The molecule has 0 amide bonds. The minimum atomic E-state index is 0.459. The molecule has 0 aromatic rings. The number of hydrogen-bond donors (Lipinski definition) is 0. The molecule has 0 N–H and O–H groups in total. The fraction of sp³-hybridized carbons (Fsp3) is 1.00. The molecule has 0 saturated heterocycles. The van der Waals surface area contributed by atoms with E-state index in [1.54, 1.807) is 0 Å². The Labute approximate surface area is 73.9 Å². The van der Waals surface area contributed by atoms with Gasteiger partial charge in [-0.3, -0.25) is 0 Å². The zero-order valence-electron chi connectivity index (χ0n) is 9.08. The lowest BCUT2D eigenvalue weighted by Crippen LogP contribution is -2.38. The van der Waals surface area contributed by atoms with Crippen LogP contribution in [0.2, 0.25) is 0 Å². The molecule has 68 valence electrons. The van der Waals surface area contributed by atoms with Gasteiger partial charge >= 0.3 is 0 Å². The van der Waals surface area contributed by atoms with Gasteiger partial charge in [0.2, 0.25) is 0 Å². The first kappa shape index (κ1) is 11.4. The molecule has 0 aliphatic carbocycles. The molecule has 0 aromatic carbocycles. The Morgan fingerprint density at radius 2 is 1.36 bits per heavy atom. The highest BCUT2D eigenvalue weighted by molar-refractivity contribution is 7.39. The van der Waals surface area contributed by atoms with E-state index < -0.39 is 0 Å². The Kier molecular flexibility index (Phi) is 3.57. The molecule has 0 nitrogen and oxygen atoms in total. The third-order valence-corrected chi connectivity index (χ3v) is 5.57.